The Labute approximate surface area is 120 Å². The molecule has 1 heterocycles. The van der Waals surface area contributed by atoms with Gasteiger partial charge in [0.25, 0.3) is 5.91 Å². The Bertz CT molecular complexity index is 620. The molecule has 0 aliphatic heterocycles. The highest BCUT2D eigenvalue weighted by atomic mass is 32.1. The average Bonchev–Trinajstić information content (AvgIpc) is 2.91. The Morgan fingerprint density at radius 1 is 1.30 bits per heavy atom. The zero-order valence-electron chi connectivity index (χ0n) is 10.9. The van der Waals surface area contributed by atoms with Crippen molar-refractivity contribution in [3.8, 4) is 0 Å². The molecule has 0 fully saturated rings. The number of amides is 1. The predicted molar refractivity (Wildman–Crippen MR) is 77.5 cm³/mol. The van der Waals surface area contributed by atoms with Crippen molar-refractivity contribution >= 4 is 28.9 Å². The lowest BCUT2D eigenvalue weighted by molar-refractivity contribution is 0.0691. The number of carboxylic acid groups (broad SMARTS) is 1. The fourth-order valence-electron chi connectivity index (χ4n) is 1.70. The standard InChI is InChI=1S/C14H14N2O3S/c1-2-3-9-4-6-10(7-5-9)15-12(17)13-16-11(8-20-13)14(18)19/h4-8H,2-3H2,1H3,(H,15,17)(H,18,19). The van der Waals surface area contributed by atoms with E-state index in [1.54, 1.807) is 0 Å². The minimum atomic E-state index is -1.13. The van der Waals surface area contributed by atoms with Crippen LogP contribution in [0.4, 0.5) is 5.69 Å². The smallest absolute Gasteiger partial charge is 0.355 e. The Hall–Kier alpha value is -2.21. The fourth-order valence-corrected chi connectivity index (χ4v) is 2.39. The van der Waals surface area contributed by atoms with Crippen molar-refractivity contribution in [1.29, 1.82) is 0 Å². The van der Waals surface area contributed by atoms with Crippen LogP contribution in [0.3, 0.4) is 0 Å². The minimum absolute atomic E-state index is 0.113. The van der Waals surface area contributed by atoms with E-state index in [0.29, 0.717) is 5.69 Å². The van der Waals surface area contributed by atoms with Gasteiger partial charge in [0.2, 0.25) is 0 Å². The second-order valence-corrected chi connectivity index (χ2v) is 5.10. The first-order valence-corrected chi connectivity index (χ1v) is 7.07. The van der Waals surface area contributed by atoms with E-state index < -0.39 is 11.9 Å². The quantitative estimate of drug-likeness (QED) is 0.887. The summed E-state index contributed by atoms with van der Waals surface area (Å²) in [6.07, 6.45) is 2.07. The number of carboxylic acids is 1. The normalized spacial score (nSPS) is 10.2. The molecule has 1 aromatic carbocycles. The number of benzene rings is 1. The van der Waals surface area contributed by atoms with Crippen molar-refractivity contribution in [3.05, 3.63) is 45.9 Å². The fraction of sp³-hybridized carbons (Fsp3) is 0.214. The van der Waals surface area contributed by atoms with E-state index >= 15 is 0 Å². The van der Waals surface area contributed by atoms with Gasteiger partial charge in [-0.25, -0.2) is 9.78 Å². The molecule has 0 aliphatic rings. The monoisotopic (exact) mass is 290 g/mol. The Kier molecular flexibility index (Phi) is 4.47. The first kappa shape index (κ1) is 14.2. The third-order valence-electron chi connectivity index (χ3n) is 2.67. The van der Waals surface area contributed by atoms with Crippen LogP contribution in [0.25, 0.3) is 0 Å². The molecule has 0 unspecified atom stereocenters. The molecule has 0 bridgehead atoms. The molecule has 2 N–H and O–H groups in total. The Morgan fingerprint density at radius 2 is 2.00 bits per heavy atom. The van der Waals surface area contributed by atoms with Crippen molar-refractivity contribution in [1.82, 2.24) is 4.98 Å². The molecule has 1 aromatic heterocycles. The lowest BCUT2D eigenvalue weighted by atomic mass is 10.1. The van der Waals surface area contributed by atoms with Crippen molar-refractivity contribution < 1.29 is 14.7 Å². The molecule has 2 aromatic rings. The number of carbonyl (C=O) groups excluding carboxylic acids is 1. The summed E-state index contributed by atoms with van der Waals surface area (Å²) < 4.78 is 0. The number of hydrogen-bond donors (Lipinski definition) is 2. The molecule has 2 rings (SSSR count). The van der Waals surface area contributed by atoms with E-state index in [-0.39, 0.29) is 10.7 Å². The number of rotatable bonds is 5. The molecule has 0 aliphatic carbocycles. The molecule has 20 heavy (non-hydrogen) atoms. The average molecular weight is 290 g/mol. The topological polar surface area (TPSA) is 79.3 Å². The van der Waals surface area contributed by atoms with Crippen molar-refractivity contribution in [3.63, 3.8) is 0 Å². The zero-order chi connectivity index (χ0) is 14.5. The number of nitrogens with zero attached hydrogens (tertiary/aromatic N) is 1. The van der Waals surface area contributed by atoms with E-state index in [2.05, 4.69) is 17.2 Å². The van der Waals surface area contributed by atoms with Gasteiger partial charge in [-0.05, 0) is 24.1 Å². The maximum atomic E-state index is 11.9. The SMILES string of the molecule is CCCc1ccc(NC(=O)c2nc(C(=O)O)cs2)cc1. The molecule has 0 atom stereocenters. The zero-order valence-corrected chi connectivity index (χ0v) is 11.7. The lowest BCUT2D eigenvalue weighted by Crippen LogP contribution is -2.12. The van der Waals surface area contributed by atoms with Crippen molar-refractivity contribution in [2.75, 3.05) is 5.32 Å². The third-order valence-corrected chi connectivity index (χ3v) is 3.51. The number of anilines is 1. The van der Waals surface area contributed by atoms with Crippen LogP contribution >= 0.6 is 11.3 Å². The minimum Gasteiger partial charge on any atom is -0.476 e. The van der Waals surface area contributed by atoms with Crippen LogP contribution < -0.4 is 5.32 Å². The highest BCUT2D eigenvalue weighted by molar-refractivity contribution is 7.12. The van der Waals surface area contributed by atoms with Crippen LogP contribution in [0.2, 0.25) is 0 Å². The van der Waals surface area contributed by atoms with Crippen LogP contribution in [0, 0.1) is 0 Å². The van der Waals surface area contributed by atoms with Gasteiger partial charge in [0.1, 0.15) is 0 Å². The van der Waals surface area contributed by atoms with Crippen molar-refractivity contribution in [2.24, 2.45) is 0 Å². The van der Waals surface area contributed by atoms with Gasteiger partial charge >= 0.3 is 5.97 Å². The van der Waals surface area contributed by atoms with Gasteiger partial charge < -0.3 is 10.4 Å². The van der Waals surface area contributed by atoms with Crippen LogP contribution in [-0.4, -0.2) is 22.0 Å². The Balaban J connectivity index is 2.04. The largest absolute Gasteiger partial charge is 0.476 e. The summed E-state index contributed by atoms with van der Waals surface area (Å²) >= 11 is 1.01. The van der Waals surface area contributed by atoms with Crippen LogP contribution in [0.5, 0.6) is 0 Å². The number of hydrogen-bond acceptors (Lipinski definition) is 4. The third kappa shape index (κ3) is 3.42. The Morgan fingerprint density at radius 3 is 2.55 bits per heavy atom. The summed E-state index contributed by atoms with van der Waals surface area (Å²) in [4.78, 5) is 26.4. The molecule has 0 saturated heterocycles. The van der Waals surface area contributed by atoms with Crippen LogP contribution in [0.15, 0.2) is 29.6 Å². The van der Waals surface area contributed by atoms with E-state index in [4.69, 9.17) is 5.11 Å². The van der Waals surface area contributed by atoms with E-state index in [1.807, 2.05) is 24.3 Å². The lowest BCUT2D eigenvalue weighted by Gasteiger charge is -2.04. The van der Waals surface area contributed by atoms with Crippen LogP contribution in [0.1, 0.15) is 39.2 Å². The molecule has 0 saturated carbocycles. The van der Waals surface area contributed by atoms with Gasteiger partial charge in [-0.2, -0.15) is 0 Å². The number of thiazole rings is 1. The summed E-state index contributed by atoms with van der Waals surface area (Å²) in [5.41, 5.74) is 1.77. The molecule has 6 heteroatoms. The van der Waals surface area contributed by atoms with E-state index in [0.717, 1.165) is 24.2 Å². The van der Waals surface area contributed by atoms with Crippen molar-refractivity contribution in [2.45, 2.75) is 19.8 Å². The van der Waals surface area contributed by atoms with Gasteiger partial charge in [-0.1, -0.05) is 25.5 Å². The van der Waals surface area contributed by atoms with Gasteiger partial charge in [0.05, 0.1) is 0 Å². The van der Waals surface area contributed by atoms with Crippen LogP contribution in [-0.2, 0) is 6.42 Å². The molecule has 104 valence electrons. The maximum Gasteiger partial charge on any atom is 0.355 e. The van der Waals surface area contributed by atoms with E-state index in [9.17, 15) is 9.59 Å². The molecule has 5 nitrogen and oxygen atoms in total. The summed E-state index contributed by atoms with van der Waals surface area (Å²) in [5, 5.41) is 12.9. The molecule has 0 radical (unpaired) electrons. The van der Waals surface area contributed by atoms with Gasteiger partial charge in [-0.15, -0.1) is 11.3 Å². The first-order valence-electron chi connectivity index (χ1n) is 6.19. The second kappa shape index (κ2) is 6.29. The number of nitrogens with one attached hydrogen (secondary N) is 1. The maximum absolute atomic E-state index is 11.9. The van der Waals surface area contributed by atoms with Gasteiger partial charge in [-0.3, -0.25) is 4.79 Å². The predicted octanol–water partition coefficient (Wildman–Crippen LogP) is 3.05. The van der Waals surface area contributed by atoms with Gasteiger partial charge in [0.15, 0.2) is 10.7 Å². The molecule has 0 spiro atoms. The first-order chi connectivity index (χ1) is 9.60. The number of aromatic carboxylic acids is 1. The molecule has 1 amide bonds. The second-order valence-electron chi connectivity index (χ2n) is 4.24. The summed E-state index contributed by atoms with van der Waals surface area (Å²) in [7, 11) is 0. The number of aromatic nitrogens is 1. The summed E-state index contributed by atoms with van der Waals surface area (Å²) in [5.74, 6) is -1.53. The number of carbonyl (C=O) groups is 2. The molecular formula is C14H14N2O3S. The number of aryl methyl sites for hydroxylation is 1. The molecular weight excluding hydrogens is 276 g/mol. The highest BCUT2D eigenvalue weighted by Crippen LogP contribution is 2.15. The summed E-state index contributed by atoms with van der Waals surface area (Å²) in [6.45, 7) is 2.11. The highest BCUT2D eigenvalue weighted by Gasteiger charge is 2.14. The summed E-state index contributed by atoms with van der Waals surface area (Å²) in [6, 6.07) is 7.58. The van der Waals surface area contributed by atoms with E-state index in [1.165, 1.54) is 10.9 Å². The van der Waals surface area contributed by atoms with Gasteiger partial charge in [0, 0.05) is 11.1 Å².